The molecule has 1 aromatic carbocycles. The number of methoxy groups -OCH3 is 1. The van der Waals surface area contributed by atoms with Crippen LogP contribution >= 0.6 is 0 Å². The molecule has 0 amide bonds. The number of ether oxygens (including phenoxy) is 2. The zero-order valence-corrected chi connectivity index (χ0v) is 13.7. The van der Waals surface area contributed by atoms with E-state index in [9.17, 15) is 14.9 Å². The van der Waals surface area contributed by atoms with E-state index in [4.69, 9.17) is 9.47 Å². The molecular weight excluding hydrogens is 314 g/mol. The molecule has 24 heavy (non-hydrogen) atoms. The summed E-state index contributed by atoms with van der Waals surface area (Å²) < 4.78 is 10.2. The maximum Gasteiger partial charge on any atom is 0.314 e. The summed E-state index contributed by atoms with van der Waals surface area (Å²) in [6, 6.07) is 6.37. The number of aryl methyl sites for hydroxylation is 2. The summed E-state index contributed by atoms with van der Waals surface area (Å²) in [4.78, 5) is 26.1. The average molecular weight is 331 g/mol. The molecule has 126 valence electrons. The Morgan fingerprint density at radius 3 is 2.54 bits per heavy atom. The van der Waals surface area contributed by atoms with Gasteiger partial charge in [-0.15, -0.1) is 0 Å². The normalized spacial score (nSPS) is 10.2. The van der Waals surface area contributed by atoms with Crippen LogP contribution < -0.4 is 14.8 Å². The van der Waals surface area contributed by atoms with Crippen LogP contribution in [-0.4, -0.2) is 23.0 Å². The van der Waals surface area contributed by atoms with Crippen LogP contribution in [0.1, 0.15) is 18.2 Å². The van der Waals surface area contributed by atoms with Gasteiger partial charge in [0.1, 0.15) is 0 Å². The fraction of sp³-hybridized carbons (Fsp3) is 0.250. The number of carbonyl (C=O) groups excluding carboxylic acids is 1. The molecule has 0 saturated heterocycles. The molecule has 0 saturated carbocycles. The van der Waals surface area contributed by atoms with Gasteiger partial charge in [-0.1, -0.05) is 0 Å². The minimum Gasteiger partial charge on any atom is -0.493 e. The van der Waals surface area contributed by atoms with Crippen molar-refractivity contribution in [1.29, 1.82) is 0 Å². The van der Waals surface area contributed by atoms with Gasteiger partial charge in [-0.2, -0.15) is 0 Å². The largest absolute Gasteiger partial charge is 0.493 e. The van der Waals surface area contributed by atoms with E-state index >= 15 is 0 Å². The number of hydrogen-bond donors (Lipinski definition) is 1. The van der Waals surface area contributed by atoms with Crippen molar-refractivity contribution < 1.29 is 19.2 Å². The summed E-state index contributed by atoms with van der Waals surface area (Å²) in [7, 11) is 1.43. The molecule has 0 radical (unpaired) electrons. The van der Waals surface area contributed by atoms with Crippen LogP contribution in [0.4, 0.5) is 17.2 Å². The van der Waals surface area contributed by atoms with E-state index in [2.05, 4.69) is 10.3 Å². The van der Waals surface area contributed by atoms with Crippen molar-refractivity contribution in [1.82, 2.24) is 4.98 Å². The lowest BCUT2D eigenvalue weighted by Crippen LogP contribution is -2.05. The van der Waals surface area contributed by atoms with Gasteiger partial charge in [0.2, 0.25) is 5.82 Å². The SMILES string of the molecule is COc1cc(Nc2nc(C)cc(C)c2[N+](=O)[O-])ccc1OC(C)=O. The van der Waals surface area contributed by atoms with Crippen LogP contribution in [0.25, 0.3) is 0 Å². The van der Waals surface area contributed by atoms with Crippen LogP contribution in [-0.2, 0) is 4.79 Å². The van der Waals surface area contributed by atoms with E-state index in [1.807, 2.05) is 0 Å². The molecule has 1 heterocycles. The Labute approximate surface area is 138 Å². The van der Waals surface area contributed by atoms with Crippen LogP contribution in [0.15, 0.2) is 24.3 Å². The first-order valence-electron chi connectivity index (χ1n) is 7.08. The van der Waals surface area contributed by atoms with Gasteiger partial charge in [-0.05, 0) is 32.0 Å². The maximum absolute atomic E-state index is 11.3. The molecule has 0 aliphatic rings. The number of rotatable bonds is 5. The number of esters is 1. The lowest BCUT2D eigenvalue weighted by Gasteiger charge is -2.12. The molecule has 0 spiro atoms. The Kier molecular flexibility index (Phi) is 4.98. The lowest BCUT2D eigenvalue weighted by atomic mass is 10.2. The first-order valence-corrected chi connectivity index (χ1v) is 7.08. The highest BCUT2D eigenvalue weighted by molar-refractivity contribution is 5.73. The fourth-order valence-corrected chi connectivity index (χ4v) is 2.27. The molecule has 2 aromatic rings. The Morgan fingerprint density at radius 1 is 1.25 bits per heavy atom. The third-order valence-corrected chi connectivity index (χ3v) is 3.17. The Morgan fingerprint density at radius 2 is 1.96 bits per heavy atom. The molecule has 0 unspecified atom stereocenters. The molecular formula is C16H17N3O5. The van der Waals surface area contributed by atoms with Gasteiger partial charge in [-0.25, -0.2) is 4.98 Å². The second-order valence-electron chi connectivity index (χ2n) is 5.12. The summed E-state index contributed by atoms with van der Waals surface area (Å²) in [6.07, 6.45) is 0. The second-order valence-corrected chi connectivity index (χ2v) is 5.12. The monoisotopic (exact) mass is 331 g/mol. The summed E-state index contributed by atoms with van der Waals surface area (Å²) in [5.41, 5.74) is 1.59. The van der Waals surface area contributed by atoms with E-state index in [-0.39, 0.29) is 17.3 Å². The number of pyridine rings is 1. The molecule has 0 bridgehead atoms. The number of hydrogen-bond acceptors (Lipinski definition) is 7. The summed E-state index contributed by atoms with van der Waals surface area (Å²) in [6.45, 7) is 4.70. The fourth-order valence-electron chi connectivity index (χ4n) is 2.27. The van der Waals surface area contributed by atoms with E-state index in [1.165, 1.54) is 20.1 Å². The van der Waals surface area contributed by atoms with Crippen LogP contribution in [0.5, 0.6) is 11.5 Å². The first-order chi connectivity index (χ1) is 11.3. The highest BCUT2D eigenvalue weighted by Gasteiger charge is 2.20. The standard InChI is InChI=1S/C16H17N3O5/c1-9-7-10(2)17-16(15(9)19(21)22)18-12-5-6-13(24-11(3)20)14(8-12)23-4/h5-8H,1-4H3,(H,17,18). The molecule has 1 aromatic heterocycles. The number of nitrogens with zero attached hydrogens (tertiary/aromatic N) is 2. The third-order valence-electron chi connectivity index (χ3n) is 3.17. The van der Waals surface area contributed by atoms with Gasteiger partial charge in [0, 0.05) is 29.9 Å². The van der Waals surface area contributed by atoms with E-state index in [0.717, 1.165) is 0 Å². The quantitative estimate of drug-likeness (QED) is 0.388. The van der Waals surface area contributed by atoms with Crippen LogP contribution in [0, 0.1) is 24.0 Å². The van der Waals surface area contributed by atoms with Crippen molar-refractivity contribution in [3.8, 4) is 11.5 Å². The summed E-state index contributed by atoms with van der Waals surface area (Å²) in [5.74, 6) is 0.251. The van der Waals surface area contributed by atoms with E-state index < -0.39 is 10.9 Å². The predicted molar refractivity (Wildman–Crippen MR) is 88.0 cm³/mol. The lowest BCUT2D eigenvalue weighted by molar-refractivity contribution is -0.384. The maximum atomic E-state index is 11.3. The zero-order valence-electron chi connectivity index (χ0n) is 13.7. The molecule has 0 fully saturated rings. The van der Waals surface area contributed by atoms with Gasteiger partial charge in [0.05, 0.1) is 12.0 Å². The van der Waals surface area contributed by atoms with E-state index in [0.29, 0.717) is 22.7 Å². The number of anilines is 2. The highest BCUT2D eigenvalue weighted by Crippen LogP contribution is 2.34. The van der Waals surface area contributed by atoms with Crippen molar-refractivity contribution in [2.45, 2.75) is 20.8 Å². The number of nitrogens with one attached hydrogen (secondary N) is 1. The highest BCUT2D eigenvalue weighted by atomic mass is 16.6. The van der Waals surface area contributed by atoms with Gasteiger partial charge >= 0.3 is 11.7 Å². The Hall–Kier alpha value is -3.16. The van der Waals surface area contributed by atoms with Gasteiger partial charge < -0.3 is 14.8 Å². The first kappa shape index (κ1) is 17.2. The van der Waals surface area contributed by atoms with E-state index in [1.54, 1.807) is 32.0 Å². The number of aromatic nitrogens is 1. The van der Waals surface area contributed by atoms with Crippen molar-refractivity contribution in [3.63, 3.8) is 0 Å². The van der Waals surface area contributed by atoms with Crippen molar-refractivity contribution in [3.05, 3.63) is 45.6 Å². The molecule has 8 nitrogen and oxygen atoms in total. The van der Waals surface area contributed by atoms with Gasteiger partial charge in [-0.3, -0.25) is 14.9 Å². The molecule has 0 aliphatic heterocycles. The molecule has 8 heteroatoms. The van der Waals surface area contributed by atoms with Crippen molar-refractivity contribution in [2.75, 3.05) is 12.4 Å². The van der Waals surface area contributed by atoms with Crippen molar-refractivity contribution in [2.24, 2.45) is 0 Å². The third kappa shape index (κ3) is 3.78. The molecule has 2 rings (SSSR count). The van der Waals surface area contributed by atoms with Gasteiger partial charge in [0.15, 0.2) is 11.5 Å². The average Bonchev–Trinajstić information content (AvgIpc) is 2.47. The minimum atomic E-state index is -0.478. The molecule has 0 aliphatic carbocycles. The second kappa shape index (κ2) is 6.95. The van der Waals surface area contributed by atoms with Crippen LogP contribution in [0.2, 0.25) is 0 Å². The molecule has 0 atom stereocenters. The zero-order chi connectivity index (χ0) is 17.9. The smallest absolute Gasteiger partial charge is 0.314 e. The summed E-state index contributed by atoms with van der Waals surface area (Å²) in [5, 5.41) is 14.2. The number of carbonyl (C=O) groups is 1. The van der Waals surface area contributed by atoms with Crippen LogP contribution in [0.3, 0.4) is 0 Å². The molecule has 1 N–H and O–H groups in total. The summed E-state index contributed by atoms with van der Waals surface area (Å²) >= 11 is 0. The van der Waals surface area contributed by atoms with Gasteiger partial charge in [0.25, 0.3) is 0 Å². The number of benzene rings is 1. The van der Waals surface area contributed by atoms with Crippen molar-refractivity contribution >= 4 is 23.2 Å². The minimum absolute atomic E-state index is 0.0939. The number of nitro groups is 1. The Balaban J connectivity index is 2.41. The topological polar surface area (TPSA) is 104 Å². The predicted octanol–water partition coefficient (Wildman–Crippen LogP) is 3.28. The Bertz CT molecular complexity index is 805.